The van der Waals surface area contributed by atoms with Gasteiger partial charge in [0.2, 0.25) is 17.7 Å². The van der Waals surface area contributed by atoms with Gasteiger partial charge < -0.3 is 9.64 Å². The summed E-state index contributed by atoms with van der Waals surface area (Å²) in [5.41, 5.74) is 1.86. The summed E-state index contributed by atoms with van der Waals surface area (Å²) in [5, 5.41) is 11.3. The van der Waals surface area contributed by atoms with Crippen LogP contribution in [0.2, 0.25) is 0 Å². The van der Waals surface area contributed by atoms with Crippen LogP contribution in [0.15, 0.2) is 36.4 Å². The number of anilines is 2. The topological polar surface area (TPSA) is 127 Å². The third-order valence-electron chi connectivity index (χ3n) is 7.63. The predicted octanol–water partition coefficient (Wildman–Crippen LogP) is 3.85. The largest absolute Gasteiger partial charge is 0.426 e. The number of carbonyl (C=O) groups is 4. The second kappa shape index (κ2) is 9.42. The van der Waals surface area contributed by atoms with E-state index in [1.54, 1.807) is 44.2 Å². The van der Waals surface area contributed by atoms with Crippen molar-refractivity contribution in [1.29, 1.82) is 0 Å². The number of nitro benzene ring substituents is 1. The third-order valence-corrected chi connectivity index (χ3v) is 7.63. The first kappa shape index (κ1) is 24.6. The number of amides is 3. The normalized spacial score (nSPS) is 23.4. The Morgan fingerprint density at radius 3 is 2.27 bits per heavy atom. The van der Waals surface area contributed by atoms with Crippen LogP contribution in [0.4, 0.5) is 17.1 Å². The Labute approximate surface area is 213 Å². The maximum absolute atomic E-state index is 12.9. The van der Waals surface area contributed by atoms with Gasteiger partial charge >= 0.3 is 5.97 Å². The number of hydrogen-bond donors (Lipinski definition) is 0. The van der Waals surface area contributed by atoms with E-state index in [1.165, 1.54) is 15.9 Å². The molecule has 3 amide bonds. The Bertz CT molecular complexity index is 1310. The summed E-state index contributed by atoms with van der Waals surface area (Å²) in [6, 6.07) is 9.28. The fourth-order valence-electron chi connectivity index (χ4n) is 5.62. The van der Waals surface area contributed by atoms with Crippen molar-refractivity contribution in [1.82, 2.24) is 0 Å². The van der Waals surface area contributed by atoms with Crippen molar-refractivity contribution >= 4 is 40.8 Å². The number of ether oxygens (including phenoxy) is 1. The minimum Gasteiger partial charge on any atom is -0.426 e. The van der Waals surface area contributed by atoms with Crippen LogP contribution in [-0.2, 0) is 19.2 Å². The van der Waals surface area contributed by atoms with Crippen LogP contribution in [-0.4, -0.2) is 35.2 Å². The van der Waals surface area contributed by atoms with E-state index in [9.17, 15) is 29.3 Å². The van der Waals surface area contributed by atoms with E-state index in [1.807, 2.05) is 0 Å². The molecule has 1 saturated carbocycles. The molecule has 5 rings (SSSR count). The van der Waals surface area contributed by atoms with E-state index in [-0.39, 0.29) is 54.0 Å². The molecular formula is C27H27N3O7. The second-order valence-corrected chi connectivity index (χ2v) is 10.0. The highest BCUT2D eigenvalue weighted by Gasteiger charge is 2.49. The van der Waals surface area contributed by atoms with Crippen molar-refractivity contribution in [3.05, 3.63) is 57.6 Å². The number of nitro groups is 1. The number of carbonyl (C=O) groups excluding carboxylic acids is 4. The van der Waals surface area contributed by atoms with Gasteiger partial charge in [0.25, 0.3) is 5.69 Å². The highest BCUT2D eigenvalue weighted by molar-refractivity contribution is 6.22. The lowest BCUT2D eigenvalue weighted by Crippen LogP contribution is -2.31. The molecule has 0 radical (unpaired) electrons. The molecule has 0 spiro atoms. The van der Waals surface area contributed by atoms with E-state index in [2.05, 4.69) is 0 Å². The van der Waals surface area contributed by atoms with Crippen molar-refractivity contribution in [2.45, 2.75) is 46.0 Å². The highest BCUT2D eigenvalue weighted by Crippen LogP contribution is 2.41. The Balaban J connectivity index is 1.28. The molecule has 2 heterocycles. The number of esters is 1. The summed E-state index contributed by atoms with van der Waals surface area (Å²) in [5.74, 6) is -2.24. The van der Waals surface area contributed by atoms with Gasteiger partial charge in [-0.05, 0) is 56.5 Å². The zero-order chi connectivity index (χ0) is 26.4. The summed E-state index contributed by atoms with van der Waals surface area (Å²) in [4.78, 5) is 64.7. The third kappa shape index (κ3) is 4.36. The van der Waals surface area contributed by atoms with Crippen LogP contribution in [0.3, 0.4) is 0 Å². The Kier molecular flexibility index (Phi) is 6.26. The SMILES string of the molecule is Cc1cc(OC(=O)[C@@H]2CC(=O)N(c3ccc(C)c([N+](=O)[O-])c3)C2)ccc1N1C(=O)[C@H]2CCCC[C@@H]2C1=O. The fourth-order valence-corrected chi connectivity index (χ4v) is 5.62. The van der Waals surface area contributed by atoms with E-state index < -0.39 is 16.8 Å². The van der Waals surface area contributed by atoms with Crippen molar-refractivity contribution in [3.63, 3.8) is 0 Å². The van der Waals surface area contributed by atoms with Gasteiger partial charge in [-0.3, -0.25) is 29.3 Å². The van der Waals surface area contributed by atoms with E-state index >= 15 is 0 Å². The van der Waals surface area contributed by atoms with Crippen LogP contribution >= 0.6 is 0 Å². The molecule has 37 heavy (non-hydrogen) atoms. The van der Waals surface area contributed by atoms with Crippen molar-refractivity contribution in [2.75, 3.05) is 16.3 Å². The molecule has 10 heteroatoms. The Morgan fingerprint density at radius 2 is 1.65 bits per heavy atom. The summed E-state index contributed by atoms with van der Waals surface area (Å²) in [6.45, 7) is 3.42. The highest BCUT2D eigenvalue weighted by atomic mass is 16.6. The number of nitrogens with zero attached hydrogens (tertiary/aromatic N) is 3. The number of fused-ring (bicyclic) bond motifs is 1. The predicted molar refractivity (Wildman–Crippen MR) is 133 cm³/mol. The first-order valence-electron chi connectivity index (χ1n) is 12.4. The molecule has 2 saturated heterocycles. The molecule has 0 aromatic heterocycles. The van der Waals surface area contributed by atoms with Crippen LogP contribution in [0.25, 0.3) is 0 Å². The number of aryl methyl sites for hydroxylation is 2. The molecule has 0 unspecified atom stereocenters. The molecule has 3 fully saturated rings. The maximum Gasteiger partial charge on any atom is 0.316 e. The molecular weight excluding hydrogens is 478 g/mol. The second-order valence-electron chi connectivity index (χ2n) is 10.0. The zero-order valence-electron chi connectivity index (χ0n) is 20.6. The van der Waals surface area contributed by atoms with Crippen LogP contribution in [0.5, 0.6) is 5.75 Å². The molecule has 2 aliphatic heterocycles. The molecule has 2 aromatic carbocycles. The molecule has 10 nitrogen and oxygen atoms in total. The summed E-state index contributed by atoms with van der Waals surface area (Å²) >= 11 is 0. The van der Waals surface area contributed by atoms with E-state index in [0.717, 1.165) is 25.7 Å². The van der Waals surface area contributed by atoms with Gasteiger partial charge in [0.15, 0.2) is 0 Å². The zero-order valence-corrected chi connectivity index (χ0v) is 20.6. The summed E-state index contributed by atoms with van der Waals surface area (Å²) < 4.78 is 5.54. The van der Waals surface area contributed by atoms with Crippen molar-refractivity contribution < 1.29 is 28.8 Å². The molecule has 0 bridgehead atoms. The Morgan fingerprint density at radius 1 is 0.973 bits per heavy atom. The van der Waals surface area contributed by atoms with Crippen LogP contribution in [0, 0.1) is 41.7 Å². The van der Waals surface area contributed by atoms with E-state index in [4.69, 9.17) is 4.74 Å². The van der Waals surface area contributed by atoms with Gasteiger partial charge in [-0.25, -0.2) is 4.90 Å². The van der Waals surface area contributed by atoms with Gasteiger partial charge in [0, 0.05) is 24.6 Å². The number of benzene rings is 2. The minimum absolute atomic E-state index is 0.0501. The average Bonchev–Trinajstić information content (AvgIpc) is 3.37. The van der Waals surface area contributed by atoms with Crippen LogP contribution < -0.4 is 14.5 Å². The number of hydrogen-bond acceptors (Lipinski definition) is 7. The first-order chi connectivity index (χ1) is 17.7. The molecule has 192 valence electrons. The monoisotopic (exact) mass is 505 g/mol. The van der Waals surface area contributed by atoms with E-state index in [0.29, 0.717) is 22.5 Å². The standard InChI is InChI=1S/C27H27N3O7/c1-15-7-8-18(13-23(15)30(35)36)28-14-17(12-24(28)31)27(34)37-19-9-10-22(16(2)11-19)29-25(32)20-5-3-4-6-21(20)26(29)33/h7-11,13,17,20-21H,3-6,12,14H2,1-2H3/t17-,20+,21+/m1/s1. The van der Waals surface area contributed by atoms with Crippen LogP contribution in [0.1, 0.15) is 43.2 Å². The van der Waals surface area contributed by atoms with Gasteiger partial charge in [-0.15, -0.1) is 0 Å². The average molecular weight is 506 g/mol. The quantitative estimate of drug-likeness (QED) is 0.199. The molecule has 3 aliphatic rings. The fraction of sp³-hybridized carbons (Fsp3) is 0.407. The molecule has 1 aliphatic carbocycles. The molecule has 3 atom stereocenters. The van der Waals surface area contributed by atoms with Gasteiger partial charge in [0.1, 0.15) is 5.75 Å². The molecule has 0 N–H and O–H groups in total. The lowest BCUT2D eigenvalue weighted by Gasteiger charge is -2.19. The first-order valence-corrected chi connectivity index (χ1v) is 12.4. The number of imide groups is 1. The minimum atomic E-state index is -0.738. The molecule has 2 aromatic rings. The van der Waals surface area contributed by atoms with Gasteiger partial charge in [-0.2, -0.15) is 0 Å². The lowest BCUT2D eigenvalue weighted by atomic mass is 9.81. The van der Waals surface area contributed by atoms with Crippen molar-refractivity contribution in [3.8, 4) is 5.75 Å². The number of rotatable bonds is 5. The lowest BCUT2D eigenvalue weighted by molar-refractivity contribution is -0.385. The van der Waals surface area contributed by atoms with Gasteiger partial charge in [-0.1, -0.05) is 18.9 Å². The van der Waals surface area contributed by atoms with Crippen molar-refractivity contribution in [2.24, 2.45) is 17.8 Å². The van der Waals surface area contributed by atoms with Gasteiger partial charge in [0.05, 0.1) is 34.1 Å². The summed E-state index contributed by atoms with van der Waals surface area (Å²) in [7, 11) is 0. The maximum atomic E-state index is 12.9. The smallest absolute Gasteiger partial charge is 0.316 e. The summed E-state index contributed by atoms with van der Waals surface area (Å²) in [6.07, 6.45) is 3.28. The Hall–Kier alpha value is -4.08.